The molecule has 0 aliphatic carbocycles. The Morgan fingerprint density at radius 2 is 2.09 bits per heavy atom. The van der Waals surface area contributed by atoms with Gasteiger partial charge >= 0.3 is 6.03 Å². The average molecular weight is 317 g/mol. The summed E-state index contributed by atoms with van der Waals surface area (Å²) in [6, 6.07) is 7.92. The van der Waals surface area contributed by atoms with Crippen LogP contribution in [0.2, 0.25) is 0 Å². The van der Waals surface area contributed by atoms with Gasteiger partial charge in [-0.05, 0) is 31.7 Å². The minimum atomic E-state index is -0.159. The van der Waals surface area contributed by atoms with Crippen LogP contribution in [0, 0.1) is 6.92 Å². The smallest absolute Gasteiger partial charge is 0.315 e. The molecule has 1 aliphatic heterocycles. The number of aryl methyl sites for hydroxylation is 1. The van der Waals surface area contributed by atoms with Gasteiger partial charge in [0, 0.05) is 32.6 Å². The molecule has 0 aromatic heterocycles. The number of nitrogens with one attached hydrogen (secondary N) is 2. The number of hydrogen-bond donors (Lipinski definition) is 2. The Bertz CT molecular complexity index is 531. The van der Waals surface area contributed by atoms with Gasteiger partial charge in [0.05, 0.1) is 0 Å². The fourth-order valence-corrected chi connectivity index (χ4v) is 2.81. The third-order valence-electron chi connectivity index (χ3n) is 4.10. The molecular weight excluding hydrogens is 290 g/mol. The second-order valence-electron chi connectivity index (χ2n) is 6.14. The van der Waals surface area contributed by atoms with Gasteiger partial charge in [0.1, 0.15) is 0 Å². The maximum Gasteiger partial charge on any atom is 0.315 e. The number of benzene rings is 1. The van der Waals surface area contributed by atoms with Crippen LogP contribution in [0.5, 0.6) is 0 Å². The van der Waals surface area contributed by atoms with Crippen molar-refractivity contribution in [3.8, 4) is 0 Å². The first-order chi connectivity index (χ1) is 11.1. The summed E-state index contributed by atoms with van der Waals surface area (Å²) in [5, 5.41) is 5.70. The Morgan fingerprint density at radius 3 is 2.91 bits per heavy atom. The van der Waals surface area contributed by atoms with E-state index in [1.165, 1.54) is 5.56 Å². The summed E-state index contributed by atoms with van der Waals surface area (Å²) < 4.78 is 0. The van der Waals surface area contributed by atoms with E-state index in [-0.39, 0.29) is 11.9 Å². The molecule has 1 saturated heterocycles. The molecule has 0 radical (unpaired) electrons. The predicted molar refractivity (Wildman–Crippen MR) is 91.1 cm³/mol. The standard InChI is InChI=1S/C18H27N3O2/c1-15-7-5-8-16(13-15)14-20-18(23)19-10-6-12-21-11-4-2-3-9-17(21)22/h5,7-8,13H,2-4,6,9-12,14H2,1H3,(H2,19,20,23). The van der Waals surface area contributed by atoms with Crippen LogP contribution in [0.3, 0.4) is 0 Å². The van der Waals surface area contributed by atoms with Crippen LogP contribution in [0.1, 0.15) is 43.2 Å². The van der Waals surface area contributed by atoms with Gasteiger partial charge in [-0.15, -0.1) is 0 Å². The molecule has 23 heavy (non-hydrogen) atoms. The van der Waals surface area contributed by atoms with E-state index in [0.717, 1.165) is 44.3 Å². The first kappa shape index (κ1) is 17.3. The van der Waals surface area contributed by atoms with Crippen LogP contribution in [0.25, 0.3) is 0 Å². The number of nitrogens with zero attached hydrogens (tertiary/aromatic N) is 1. The summed E-state index contributed by atoms with van der Waals surface area (Å²) in [5.41, 5.74) is 2.28. The SMILES string of the molecule is Cc1cccc(CNC(=O)NCCCN2CCCCCC2=O)c1. The van der Waals surface area contributed by atoms with Gasteiger partial charge in [-0.2, -0.15) is 0 Å². The molecule has 1 heterocycles. The van der Waals surface area contributed by atoms with Gasteiger partial charge in [0.25, 0.3) is 0 Å². The minimum absolute atomic E-state index is 0.159. The normalized spacial score (nSPS) is 15.2. The third kappa shape index (κ3) is 6.30. The maximum atomic E-state index is 11.9. The largest absolute Gasteiger partial charge is 0.343 e. The molecule has 0 atom stereocenters. The van der Waals surface area contributed by atoms with E-state index in [9.17, 15) is 9.59 Å². The second-order valence-corrected chi connectivity index (χ2v) is 6.14. The zero-order valence-corrected chi connectivity index (χ0v) is 13.9. The van der Waals surface area contributed by atoms with Crippen LogP contribution in [0.4, 0.5) is 4.79 Å². The minimum Gasteiger partial charge on any atom is -0.343 e. The third-order valence-corrected chi connectivity index (χ3v) is 4.10. The average Bonchev–Trinajstić information content (AvgIpc) is 2.74. The Morgan fingerprint density at radius 1 is 1.22 bits per heavy atom. The molecule has 5 nitrogen and oxygen atoms in total. The summed E-state index contributed by atoms with van der Waals surface area (Å²) in [6.45, 7) is 4.74. The van der Waals surface area contributed by atoms with Crippen molar-refractivity contribution in [3.05, 3.63) is 35.4 Å². The van der Waals surface area contributed by atoms with Crippen molar-refractivity contribution in [1.82, 2.24) is 15.5 Å². The van der Waals surface area contributed by atoms with Crippen LogP contribution in [-0.4, -0.2) is 36.5 Å². The summed E-state index contributed by atoms with van der Waals surface area (Å²) >= 11 is 0. The zero-order chi connectivity index (χ0) is 16.5. The predicted octanol–water partition coefficient (Wildman–Crippen LogP) is 2.59. The number of likely N-dealkylation sites (tertiary alicyclic amines) is 1. The molecule has 0 unspecified atom stereocenters. The molecule has 1 aromatic rings. The molecule has 3 amide bonds. The summed E-state index contributed by atoms with van der Waals surface area (Å²) in [5.74, 6) is 0.256. The van der Waals surface area contributed by atoms with E-state index in [0.29, 0.717) is 19.5 Å². The van der Waals surface area contributed by atoms with E-state index in [2.05, 4.69) is 16.7 Å². The lowest BCUT2D eigenvalue weighted by molar-refractivity contribution is -0.130. The highest BCUT2D eigenvalue weighted by atomic mass is 16.2. The first-order valence-electron chi connectivity index (χ1n) is 8.50. The maximum absolute atomic E-state index is 11.9. The molecule has 0 saturated carbocycles. The number of carbonyl (C=O) groups is 2. The molecule has 126 valence electrons. The van der Waals surface area contributed by atoms with E-state index in [1.807, 2.05) is 30.0 Å². The molecule has 1 aliphatic rings. The van der Waals surface area contributed by atoms with Crippen molar-refractivity contribution in [2.45, 2.75) is 45.6 Å². The molecule has 2 N–H and O–H groups in total. The van der Waals surface area contributed by atoms with Crippen LogP contribution in [0.15, 0.2) is 24.3 Å². The van der Waals surface area contributed by atoms with E-state index < -0.39 is 0 Å². The lowest BCUT2D eigenvalue weighted by Crippen LogP contribution is -2.38. The topological polar surface area (TPSA) is 61.4 Å². The lowest BCUT2D eigenvalue weighted by Gasteiger charge is -2.20. The summed E-state index contributed by atoms with van der Waals surface area (Å²) in [6.07, 6.45) is 4.71. The van der Waals surface area contributed by atoms with Gasteiger partial charge in [0.15, 0.2) is 0 Å². The van der Waals surface area contributed by atoms with E-state index in [1.54, 1.807) is 0 Å². The second kappa shape index (κ2) is 9.18. The number of carbonyl (C=O) groups excluding carboxylic acids is 2. The van der Waals surface area contributed by atoms with E-state index >= 15 is 0 Å². The van der Waals surface area contributed by atoms with E-state index in [4.69, 9.17) is 0 Å². The highest BCUT2D eigenvalue weighted by molar-refractivity contribution is 5.76. The zero-order valence-electron chi connectivity index (χ0n) is 13.9. The molecule has 0 bridgehead atoms. The van der Waals surface area contributed by atoms with Crippen molar-refractivity contribution in [2.24, 2.45) is 0 Å². The quantitative estimate of drug-likeness (QED) is 0.792. The molecular formula is C18H27N3O2. The van der Waals surface area contributed by atoms with Gasteiger partial charge < -0.3 is 15.5 Å². The van der Waals surface area contributed by atoms with Crippen LogP contribution < -0.4 is 10.6 Å². The molecule has 5 heteroatoms. The highest BCUT2D eigenvalue weighted by Gasteiger charge is 2.15. The fourth-order valence-electron chi connectivity index (χ4n) is 2.81. The summed E-state index contributed by atoms with van der Waals surface area (Å²) in [4.78, 5) is 25.6. The van der Waals surface area contributed by atoms with Crippen molar-refractivity contribution < 1.29 is 9.59 Å². The Kier molecular flexibility index (Phi) is 6.91. The lowest BCUT2D eigenvalue weighted by atomic mass is 10.1. The van der Waals surface area contributed by atoms with Crippen molar-refractivity contribution in [1.29, 1.82) is 0 Å². The first-order valence-corrected chi connectivity index (χ1v) is 8.50. The number of urea groups is 1. The number of rotatable bonds is 6. The van der Waals surface area contributed by atoms with Crippen LogP contribution in [-0.2, 0) is 11.3 Å². The van der Waals surface area contributed by atoms with Crippen molar-refractivity contribution >= 4 is 11.9 Å². The van der Waals surface area contributed by atoms with Gasteiger partial charge in [0.2, 0.25) is 5.91 Å². The highest BCUT2D eigenvalue weighted by Crippen LogP contribution is 2.11. The number of hydrogen-bond acceptors (Lipinski definition) is 2. The Labute approximate surface area is 138 Å². The molecule has 1 aromatic carbocycles. The molecule has 2 rings (SSSR count). The van der Waals surface area contributed by atoms with Crippen molar-refractivity contribution in [3.63, 3.8) is 0 Å². The van der Waals surface area contributed by atoms with Gasteiger partial charge in [-0.3, -0.25) is 4.79 Å². The van der Waals surface area contributed by atoms with Gasteiger partial charge in [-0.1, -0.05) is 36.2 Å². The van der Waals surface area contributed by atoms with Crippen LogP contribution >= 0.6 is 0 Å². The Hall–Kier alpha value is -2.04. The molecule has 1 fully saturated rings. The Balaban J connectivity index is 1.60. The summed E-state index contributed by atoms with van der Waals surface area (Å²) in [7, 11) is 0. The van der Waals surface area contributed by atoms with Crippen molar-refractivity contribution in [2.75, 3.05) is 19.6 Å². The number of amides is 3. The van der Waals surface area contributed by atoms with Gasteiger partial charge in [-0.25, -0.2) is 4.79 Å². The monoisotopic (exact) mass is 317 g/mol. The molecule has 0 spiro atoms. The fraction of sp³-hybridized carbons (Fsp3) is 0.556.